The van der Waals surface area contributed by atoms with Gasteiger partial charge in [0, 0.05) is 18.2 Å². The number of nitrogens with zero attached hydrogens (tertiary/aromatic N) is 2. The SMILES string of the molecule is Cc1onc(-c2c(F)cccc2Cl)c1C(=O)NCc1ccccc1[N+](=O)[O-]. The van der Waals surface area contributed by atoms with Gasteiger partial charge in [-0.3, -0.25) is 14.9 Å². The lowest BCUT2D eigenvalue weighted by Crippen LogP contribution is -2.24. The van der Waals surface area contributed by atoms with E-state index in [0.717, 1.165) is 0 Å². The van der Waals surface area contributed by atoms with Crippen LogP contribution in [0, 0.1) is 22.9 Å². The lowest BCUT2D eigenvalue weighted by atomic mass is 10.0. The second-order valence-corrected chi connectivity index (χ2v) is 6.03. The van der Waals surface area contributed by atoms with E-state index >= 15 is 0 Å². The van der Waals surface area contributed by atoms with Gasteiger partial charge in [-0.05, 0) is 19.1 Å². The van der Waals surface area contributed by atoms with E-state index in [1.807, 2.05) is 0 Å². The van der Waals surface area contributed by atoms with Crippen LogP contribution in [-0.4, -0.2) is 16.0 Å². The number of para-hydroxylation sites is 1. The molecule has 1 aromatic heterocycles. The summed E-state index contributed by atoms with van der Waals surface area (Å²) in [5, 5.41) is 17.5. The van der Waals surface area contributed by atoms with Crippen molar-refractivity contribution in [3.63, 3.8) is 0 Å². The molecule has 0 bridgehead atoms. The maximum Gasteiger partial charge on any atom is 0.274 e. The fourth-order valence-electron chi connectivity index (χ4n) is 2.64. The Hall–Kier alpha value is -3.26. The molecule has 0 atom stereocenters. The van der Waals surface area contributed by atoms with E-state index in [4.69, 9.17) is 16.1 Å². The van der Waals surface area contributed by atoms with Crippen LogP contribution >= 0.6 is 11.6 Å². The van der Waals surface area contributed by atoms with Crippen LogP contribution < -0.4 is 5.32 Å². The number of amides is 1. The molecule has 0 unspecified atom stereocenters. The van der Waals surface area contributed by atoms with Gasteiger partial charge in [0.05, 0.1) is 15.5 Å². The molecule has 0 spiro atoms. The third-order valence-electron chi connectivity index (χ3n) is 3.92. The molecule has 0 saturated heterocycles. The van der Waals surface area contributed by atoms with Gasteiger partial charge in [-0.2, -0.15) is 0 Å². The van der Waals surface area contributed by atoms with Gasteiger partial charge in [-0.25, -0.2) is 4.39 Å². The van der Waals surface area contributed by atoms with Crippen LogP contribution in [0.4, 0.5) is 10.1 Å². The number of halogens is 2. The molecule has 138 valence electrons. The molecular weight excluding hydrogens is 377 g/mol. The van der Waals surface area contributed by atoms with Crippen molar-refractivity contribution in [3.05, 3.63) is 80.3 Å². The monoisotopic (exact) mass is 389 g/mol. The number of nitro groups is 1. The van der Waals surface area contributed by atoms with Gasteiger partial charge in [0.25, 0.3) is 11.6 Å². The highest BCUT2D eigenvalue weighted by atomic mass is 35.5. The van der Waals surface area contributed by atoms with Crippen LogP contribution in [-0.2, 0) is 6.54 Å². The summed E-state index contributed by atoms with van der Waals surface area (Å²) < 4.78 is 19.3. The Kier molecular flexibility index (Phi) is 5.18. The molecule has 1 heterocycles. The topological polar surface area (TPSA) is 98.3 Å². The largest absolute Gasteiger partial charge is 0.360 e. The molecule has 0 aliphatic rings. The molecule has 0 fully saturated rings. The Morgan fingerprint density at radius 2 is 2.04 bits per heavy atom. The van der Waals surface area contributed by atoms with Gasteiger partial charge < -0.3 is 9.84 Å². The second kappa shape index (κ2) is 7.55. The molecule has 1 amide bonds. The van der Waals surface area contributed by atoms with E-state index in [-0.39, 0.29) is 39.8 Å². The zero-order chi connectivity index (χ0) is 19.6. The van der Waals surface area contributed by atoms with Crippen molar-refractivity contribution in [2.24, 2.45) is 0 Å². The van der Waals surface area contributed by atoms with Crippen molar-refractivity contribution in [1.82, 2.24) is 10.5 Å². The van der Waals surface area contributed by atoms with Crippen LogP contribution in [0.2, 0.25) is 5.02 Å². The maximum absolute atomic E-state index is 14.2. The van der Waals surface area contributed by atoms with Crippen LogP contribution in [0.5, 0.6) is 0 Å². The predicted molar refractivity (Wildman–Crippen MR) is 95.9 cm³/mol. The minimum absolute atomic E-state index is 0.0144. The standard InChI is InChI=1S/C18H13ClFN3O4/c1-10-15(17(22-27-10)16-12(19)6-4-7-13(16)20)18(24)21-9-11-5-2-3-8-14(11)23(25)26/h2-8H,9H2,1H3,(H,21,24). The summed E-state index contributed by atoms with van der Waals surface area (Å²) in [7, 11) is 0. The molecule has 0 radical (unpaired) electrons. The van der Waals surface area contributed by atoms with Crippen molar-refractivity contribution in [2.75, 3.05) is 0 Å². The molecule has 1 N–H and O–H groups in total. The fraction of sp³-hybridized carbons (Fsp3) is 0.111. The highest BCUT2D eigenvalue weighted by Gasteiger charge is 2.25. The Morgan fingerprint density at radius 3 is 2.74 bits per heavy atom. The number of carbonyl (C=O) groups excluding carboxylic acids is 1. The van der Waals surface area contributed by atoms with Crippen LogP contribution in [0.3, 0.4) is 0 Å². The third kappa shape index (κ3) is 3.65. The van der Waals surface area contributed by atoms with E-state index in [1.165, 1.54) is 43.3 Å². The first-order valence-corrected chi connectivity index (χ1v) is 8.19. The Balaban J connectivity index is 1.91. The summed E-state index contributed by atoms with van der Waals surface area (Å²) >= 11 is 6.05. The van der Waals surface area contributed by atoms with Crippen molar-refractivity contribution in [3.8, 4) is 11.3 Å². The van der Waals surface area contributed by atoms with Crippen molar-refractivity contribution in [2.45, 2.75) is 13.5 Å². The molecule has 9 heteroatoms. The summed E-state index contributed by atoms with van der Waals surface area (Å²) in [6.45, 7) is 1.41. The first-order chi connectivity index (χ1) is 12.9. The molecule has 7 nitrogen and oxygen atoms in total. The highest BCUT2D eigenvalue weighted by Crippen LogP contribution is 2.33. The maximum atomic E-state index is 14.2. The number of aryl methyl sites for hydroxylation is 1. The minimum atomic E-state index is -0.649. The number of aromatic nitrogens is 1. The summed E-state index contributed by atoms with van der Waals surface area (Å²) in [5.74, 6) is -1.09. The van der Waals surface area contributed by atoms with Gasteiger partial charge in [0.1, 0.15) is 22.8 Å². The molecule has 0 aliphatic carbocycles. The summed E-state index contributed by atoms with van der Waals surface area (Å²) in [6, 6.07) is 10.1. The zero-order valence-corrected chi connectivity index (χ0v) is 14.8. The number of hydrogen-bond acceptors (Lipinski definition) is 5. The normalized spacial score (nSPS) is 10.6. The number of hydrogen-bond donors (Lipinski definition) is 1. The Bertz CT molecular complexity index is 1010. The van der Waals surface area contributed by atoms with Crippen LogP contribution in [0.1, 0.15) is 21.7 Å². The molecule has 3 rings (SSSR count). The molecule has 27 heavy (non-hydrogen) atoms. The van der Waals surface area contributed by atoms with E-state index in [0.29, 0.717) is 5.56 Å². The number of nitro benzene ring substituents is 1. The van der Waals surface area contributed by atoms with Gasteiger partial charge in [-0.15, -0.1) is 0 Å². The van der Waals surface area contributed by atoms with Crippen LogP contribution in [0.25, 0.3) is 11.3 Å². The minimum Gasteiger partial charge on any atom is -0.360 e. The van der Waals surface area contributed by atoms with Crippen molar-refractivity contribution >= 4 is 23.2 Å². The zero-order valence-electron chi connectivity index (χ0n) is 14.0. The molecule has 3 aromatic rings. The average molecular weight is 390 g/mol. The van der Waals surface area contributed by atoms with Crippen LogP contribution in [0.15, 0.2) is 47.0 Å². The quantitative estimate of drug-likeness (QED) is 0.518. The number of carbonyl (C=O) groups is 1. The predicted octanol–water partition coefficient (Wildman–Crippen LogP) is 4.28. The lowest BCUT2D eigenvalue weighted by Gasteiger charge is -2.08. The highest BCUT2D eigenvalue weighted by molar-refractivity contribution is 6.33. The summed E-state index contributed by atoms with van der Waals surface area (Å²) in [4.78, 5) is 23.2. The molecule has 0 aliphatic heterocycles. The first kappa shape index (κ1) is 18.5. The average Bonchev–Trinajstić information content (AvgIpc) is 3.01. The van der Waals surface area contributed by atoms with E-state index in [2.05, 4.69) is 10.5 Å². The van der Waals surface area contributed by atoms with E-state index in [9.17, 15) is 19.3 Å². The number of nitrogens with one attached hydrogen (secondary N) is 1. The smallest absolute Gasteiger partial charge is 0.274 e. The summed E-state index contributed by atoms with van der Waals surface area (Å²) in [6.07, 6.45) is 0. The Labute approximate surface area is 157 Å². The number of benzene rings is 2. The summed E-state index contributed by atoms with van der Waals surface area (Å²) in [5.41, 5.74) is 0.149. The number of rotatable bonds is 5. The van der Waals surface area contributed by atoms with Gasteiger partial charge in [0.15, 0.2) is 0 Å². The van der Waals surface area contributed by atoms with Gasteiger partial charge >= 0.3 is 0 Å². The fourth-order valence-corrected chi connectivity index (χ4v) is 2.89. The van der Waals surface area contributed by atoms with E-state index in [1.54, 1.807) is 6.07 Å². The molecule has 2 aromatic carbocycles. The molecular formula is C18H13ClFN3O4. The Morgan fingerprint density at radius 1 is 1.30 bits per heavy atom. The van der Waals surface area contributed by atoms with Gasteiger partial charge in [-0.1, -0.05) is 41.0 Å². The third-order valence-corrected chi connectivity index (χ3v) is 4.23. The second-order valence-electron chi connectivity index (χ2n) is 5.63. The van der Waals surface area contributed by atoms with E-state index < -0.39 is 16.6 Å². The first-order valence-electron chi connectivity index (χ1n) is 7.81. The molecule has 0 saturated carbocycles. The van der Waals surface area contributed by atoms with Crippen molar-refractivity contribution < 1.29 is 18.6 Å². The lowest BCUT2D eigenvalue weighted by molar-refractivity contribution is -0.385. The van der Waals surface area contributed by atoms with Crippen molar-refractivity contribution in [1.29, 1.82) is 0 Å². The van der Waals surface area contributed by atoms with Gasteiger partial charge in [0.2, 0.25) is 0 Å².